The third kappa shape index (κ3) is 3.39. The molecule has 0 amide bonds. The van der Waals surface area contributed by atoms with Gasteiger partial charge < -0.3 is 9.30 Å². The largest absolute Gasteiger partial charge is 0.464 e. The minimum absolute atomic E-state index is 0.0651. The molecule has 0 spiro atoms. The Hall–Kier alpha value is -2.74. The summed E-state index contributed by atoms with van der Waals surface area (Å²) in [5, 5.41) is 0.505. The fourth-order valence-electron chi connectivity index (χ4n) is 2.53. The zero-order valence-corrected chi connectivity index (χ0v) is 14.4. The van der Waals surface area contributed by atoms with E-state index < -0.39 is 15.8 Å². The van der Waals surface area contributed by atoms with Crippen LogP contribution in [0.15, 0.2) is 47.5 Å². The van der Waals surface area contributed by atoms with E-state index in [9.17, 15) is 17.6 Å². The van der Waals surface area contributed by atoms with Gasteiger partial charge in [-0.25, -0.2) is 22.6 Å². The van der Waals surface area contributed by atoms with Gasteiger partial charge in [0, 0.05) is 24.4 Å². The molecule has 0 bridgehead atoms. The van der Waals surface area contributed by atoms with Crippen molar-refractivity contribution in [1.29, 1.82) is 0 Å². The van der Waals surface area contributed by atoms with Gasteiger partial charge >= 0.3 is 5.97 Å². The van der Waals surface area contributed by atoms with E-state index in [1.54, 1.807) is 16.7 Å². The normalized spacial score (nSPS) is 11.6. The van der Waals surface area contributed by atoms with E-state index in [2.05, 4.69) is 4.98 Å². The lowest BCUT2D eigenvalue weighted by molar-refractivity contribution is 0.0589. The molecule has 2 heterocycles. The number of nitrogens with zero attached hydrogens (tertiary/aromatic N) is 2. The van der Waals surface area contributed by atoms with E-state index in [0.717, 1.165) is 11.8 Å². The van der Waals surface area contributed by atoms with Gasteiger partial charge in [0.1, 0.15) is 17.2 Å². The first-order chi connectivity index (χ1) is 11.8. The van der Waals surface area contributed by atoms with Gasteiger partial charge in [-0.15, -0.1) is 0 Å². The van der Waals surface area contributed by atoms with Crippen LogP contribution in [0.2, 0.25) is 0 Å². The van der Waals surface area contributed by atoms with E-state index in [1.165, 1.54) is 37.6 Å². The average molecular weight is 362 g/mol. The number of aromatic nitrogens is 2. The van der Waals surface area contributed by atoms with Crippen LogP contribution in [0, 0.1) is 5.82 Å². The van der Waals surface area contributed by atoms with Gasteiger partial charge in [-0.3, -0.25) is 0 Å². The number of rotatable bonds is 4. The molecule has 6 nitrogen and oxygen atoms in total. The van der Waals surface area contributed by atoms with Crippen molar-refractivity contribution < 1.29 is 22.3 Å². The van der Waals surface area contributed by atoms with Gasteiger partial charge in [-0.05, 0) is 29.8 Å². The summed E-state index contributed by atoms with van der Waals surface area (Å²) < 4.78 is 42.9. The number of esters is 1. The van der Waals surface area contributed by atoms with Gasteiger partial charge in [-0.1, -0.05) is 12.1 Å². The first kappa shape index (κ1) is 17.1. The fourth-order valence-corrected chi connectivity index (χ4v) is 3.12. The second kappa shape index (κ2) is 6.29. The predicted octanol–water partition coefficient (Wildman–Crippen LogP) is 2.41. The van der Waals surface area contributed by atoms with Crippen LogP contribution in [0.4, 0.5) is 4.39 Å². The fraction of sp³-hybridized carbons (Fsp3) is 0.176. The second-order valence-corrected chi connectivity index (χ2v) is 7.61. The summed E-state index contributed by atoms with van der Waals surface area (Å²) in [5.41, 5.74) is 1.44. The number of hydrogen-bond donors (Lipinski definition) is 0. The Balaban J connectivity index is 2.16. The van der Waals surface area contributed by atoms with E-state index >= 15 is 0 Å². The second-order valence-electron chi connectivity index (χ2n) is 5.59. The van der Waals surface area contributed by atoms with Gasteiger partial charge in [0.15, 0.2) is 9.84 Å². The van der Waals surface area contributed by atoms with Gasteiger partial charge in [0.25, 0.3) is 0 Å². The highest BCUT2D eigenvalue weighted by atomic mass is 32.2. The Morgan fingerprint density at radius 1 is 1.24 bits per heavy atom. The number of pyridine rings is 1. The number of ether oxygens (including phenoxy) is 1. The summed E-state index contributed by atoms with van der Waals surface area (Å²) >= 11 is 0. The van der Waals surface area contributed by atoms with Crippen LogP contribution in [0.5, 0.6) is 0 Å². The van der Waals surface area contributed by atoms with Crippen LogP contribution in [-0.2, 0) is 21.1 Å². The number of methoxy groups -OCH3 is 1. The number of benzene rings is 1. The Kier molecular flexibility index (Phi) is 4.30. The molecule has 0 saturated carbocycles. The molecule has 0 fully saturated rings. The zero-order valence-electron chi connectivity index (χ0n) is 13.6. The molecule has 0 saturated heterocycles. The number of sulfone groups is 1. The van der Waals surface area contributed by atoms with Crippen molar-refractivity contribution in [2.45, 2.75) is 11.4 Å². The van der Waals surface area contributed by atoms with Crippen LogP contribution >= 0.6 is 0 Å². The molecular formula is C17H15FN2O4S. The number of halogens is 1. The zero-order chi connectivity index (χ0) is 18.2. The molecule has 2 aromatic heterocycles. The summed E-state index contributed by atoms with van der Waals surface area (Å²) in [6.45, 7) is 0.263. The quantitative estimate of drug-likeness (QED) is 0.666. The highest BCUT2D eigenvalue weighted by molar-refractivity contribution is 7.90. The van der Waals surface area contributed by atoms with Gasteiger partial charge in [0.2, 0.25) is 0 Å². The summed E-state index contributed by atoms with van der Waals surface area (Å²) in [5.74, 6) is -0.925. The van der Waals surface area contributed by atoms with Crippen molar-refractivity contribution in [3.63, 3.8) is 0 Å². The van der Waals surface area contributed by atoms with Crippen LogP contribution < -0.4 is 0 Å². The summed E-state index contributed by atoms with van der Waals surface area (Å²) in [6, 6.07) is 8.86. The van der Waals surface area contributed by atoms with Crippen LogP contribution in [0.1, 0.15) is 16.1 Å². The Morgan fingerprint density at radius 2 is 1.92 bits per heavy atom. The number of hydrogen-bond acceptors (Lipinski definition) is 5. The van der Waals surface area contributed by atoms with Crippen LogP contribution in [0.25, 0.3) is 11.0 Å². The minimum Gasteiger partial charge on any atom is -0.464 e. The lowest BCUT2D eigenvalue weighted by Gasteiger charge is -2.09. The van der Waals surface area contributed by atoms with Gasteiger partial charge in [-0.2, -0.15) is 0 Å². The minimum atomic E-state index is -3.42. The molecule has 0 aliphatic rings. The first-order valence-corrected chi connectivity index (χ1v) is 9.21. The molecule has 3 rings (SSSR count). The van der Waals surface area contributed by atoms with Crippen molar-refractivity contribution >= 4 is 26.8 Å². The van der Waals surface area contributed by atoms with E-state index in [-0.39, 0.29) is 23.0 Å². The smallest absolute Gasteiger partial charge is 0.354 e. The van der Waals surface area contributed by atoms with E-state index in [0.29, 0.717) is 11.0 Å². The molecule has 0 unspecified atom stereocenters. The third-order valence-corrected chi connectivity index (χ3v) is 4.86. The van der Waals surface area contributed by atoms with Crippen molar-refractivity contribution in [2.75, 3.05) is 13.4 Å². The lowest BCUT2D eigenvalue weighted by Crippen LogP contribution is -2.12. The maximum Gasteiger partial charge on any atom is 0.354 e. The monoisotopic (exact) mass is 362 g/mol. The molecule has 25 heavy (non-hydrogen) atoms. The van der Waals surface area contributed by atoms with E-state index in [4.69, 9.17) is 4.74 Å². The lowest BCUT2D eigenvalue weighted by atomic mass is 10.2. The third-order valence-electron chi connectivity index (χ3n) is 3.79. The summed E-state index contributed by atoms with van der Waals surface area (Å²) in [6.07, 6.45) is 2.34. The molecule has 0 aliphatic heterocycles. The predicted molar refractivity (Wildman–Crippen MR) is 89.7 cm³/mol. The molecule has 3 aromatic rings. The maximum atomic E-state index is 13.1. The van der Waals surface area contributed by atoms with Crippen molar-refractivity contribution in [3.8, 4) is 0 Å². The summed E-state index contributed by atoms with van der Waals surface area (Å²) in [7, 11) is -2.16. The topological polar surface area (TPSA) is 78.3 Å². The Morgan fingerprint density at radius 3 is 2.52 bits per heavy atom. The molecule has 8 heteroatoms. The van der Waals surface area contributed by atoms with Crippen molar-refractivity contribution in [2.24, 2.45) is 0 Å². The molecule has 0 aliphatic carbocycles. The highest BCUT2D eigenvalue weighted by Crippen LogP contribution is 2.23. The highest BCUT2D eigenvalue weighted by Gasteiger charge is 2.19. The van der Waals surface area contributed by atoms with E-state index in [1.807, 2.05) is 0 Å². The Labute approximate surface area is 143 Å². The average Bonchev–Trinajstić information content (AvgIpc) is 2.93. The molecule has 0 atom stereocenters. The molecule has 0 N–H and O–H groups in total. The van der Waals surface area contributed by atoms with Crippen LogP contribution in [0.3, 0.4) is 0 Å². The number of carbonyl (C=O) groups excluding carboxylic acids is 1. The van der Waals surface area contributed by atoms with Gasteiger partial charge in [0.05, 0.1) is 12.0 Å². The van der Waals surface area contributed by atoms with Crippen molar-refractivity contribution in [1.82, 2.24) is 9.55 Å². The SMILES string of the molecule is COC(=O)c1cc2cc(S(C)(=O)=O)cnc2n1Cc1ccc(F)cc1. The molecule has 130 valence electrons. The van der Waals surface area contributed by atoms with Crippen LogP contribution in [-0.4, -0.2) is 37.3 Å². The van der Waals surface area contributed by atoms with Crippen molar-refractivity contribution in [3.05, 3.63) is 59.7 Å². The number of fused-ring (bicyclic) bond motifs is 1. The molecule has 1 aromatic carbocycles. The standard InChI is InChI=1S/C17H15FN2O4S/c1-24-17(21)15-8-12-7-14(25(2,22)23)9-19-16(12)20(15)10-11-3-5-13(18)6-4-11/h3-9H,10H2,1-2H3. The number of carbonyl (C=O) groups is 1. The maximum absolute atomic E-state index is 13.1. The molecular weight excluding hydrogens is 347 g/mol. The summed E-state index contributed by atoms with van der Waals surface area (Å²) in [4.78, 5) is 16.3. The first-order valence-electron chi connectivity index (χ1n) is 7.31. The Bertz CT molecular complexity index is 1060. The molecule has 0 radical (unpaired) electrons.